The Morgan fingerprint density at radius 3 is 2.33 bits per heavy atom. The molecule has 0 aliphatic carbocycles. The van der Waals surface area contributed by atoms with E-state index < -0.39 is 0 Å². The number of aliphatic hydroxyl groups excluding tert-OH is 1. The molecule has 1 atom stereocenters. The Hall–Kier alpha value is -0.340. The molecule has 0 fully saturated rings. The first-order valence-electron chi connectivity index (χ1n) is 5.33. The third-order valence-corrected chi connectivity index (χ3v) is 3.02. The first kappa shape index (κ1) is 12.7. The van der Waals surface area contributed by atoms with Gasteiger partial charge in [-0.3, -0.25) is 0 Å². The van der Waals surface area contributed by atoms with E-state index >= 15 is 0 Å². The Kier molecular flexibility index (Phi) is 3.96. The van der Waals surface area contributed by atoms with Crippen LogP contribution in [0.2, 0.25) is 0 Å². The zero-order valence-corrected chi connectivity index (χ0v) is 11.4. The highest BCUT2D eigenvalue weighted by Gasteiger charge is 2.16. The summed E-state index contributed by atoms with van der Waals surface area (Å²) in [5.41, 5.74) is 2.36. The van der Waals surface area contributed by atoms with E-state index in [9.17, 15) is 5.11 Å². The molecule has 0 heterocycles. The number of benzene rings is 1. The second kappa shape index (κ2) is 4.67. The van der Waals surface area contributed by atoms with Crippen molar-refractivity contribution in [1.29, 1.82) is 0 Å². The summed E-state index contributed by atoms with van der Waals surface area (Å²) in [7, 11) is 0. The summed E-state index contributed by atoms with van der Waals surface area (Å²) in [5.74, 6) is 0. The molecule has 1 unspecified atom stereocenters. The van der Waals surface area contributed by atoms with Gasteiger partial charge in [-0.1, -0.05) is 49.7 Å². The summed E-state index contributed by atoms with van der Waals surface area (Å²) in [6.45, 7) is 8.52. The van der Waals surface area contributed by atoms with Crippen LogP contribution in [0.25, 0.3) is 0 Å². The minimum absolute atomic E-state index is 0.117. The van der Waals surface area contributed by atoms with E-state index in [1.54, 1.807) is 0 Å². The molecule has 1 rings (SSSR count). The van der Waals surface area contributed by atoms with Crippen LogP contribution in [0.3, 0.4) is 0 Å². The van der Waals surface area contributed by atoms with E-state index in [1.165, 1.54) is 5.56 Å². The molecule has 1 nitrogen and oxygen atoms in total. The van der Waals surface area contributed by atoms with E-state index in [1.807, 2.05) is 13.0 Å². The Bertz CT molecular complexity index is 339. The lowest BCUT2D eigenvalue weighted by Gasteiger charge is -2.21. The molecule has 0 aromatic heterocycles. The molecule has 1 aromatic carbocycles. The first-order valence-corrected chi connectivity index (χ1v) is 6.13. The van der Waals surface area contributed by atoms with Gasteiger partial charge < -0.3 is 5.11 Å². The molecule has 0 amide bonds. The van der Waals surface area contributed by atoms with Crippen LogP contribution >= 0.6 is 15.9 Å². The molecule has 0 saturated carbocycles. The average Bonchev–Trinajstić information content (AvgIpc) is 2.14. The normalized spacial score (nSPS) is 14.0. The summed E-state index contributed by atoms with van der Waals surface area (Å²) in [6, 6.07) is 6.20. The lowest BCUT2D eigenvalue weighted by molar-refractivity contribution is 0.173. The van der Waals surface area contributed by atoms with Crippen molar-refractivity contribution in [2.75, 3.05) is 0 Å². The van der Waals surface area contributed by atoms with Crippen LogP contribution in [0, 0.1) is 0 Å². The molecule has 0 aliphatic rings. The van der Waals surface area contributed by atoms with Gasteiger partial charge in [0.1, 0.15) is 0 Å². The molecule has 1 aromatic rings. The highest BCUT2D eigenvalue weighted by molar-refractivity contribution is 9.10. The molecule has 0 bridgehead atoms. The lowest BCUT2D eigenvalue weighted by atomic mass is 9.85. The molecular formula is C13H19BrO. The van der Waals surface area contributed by atoms with Crippen molar-refractivity contribution in [2.24, 2.45) is 0 Å². The van der Waals surface area contributed by atoms with Crippen LogP contribution in [0.1, 0.15) is 51.3 Å². The summed E-state index contributed by atoms with van der Waals surface area (Å²) >= 11 is 3.49. The van der Waals surface area contributed by atoms with E-state index in [-0.39, 0.29) is 11.5 Å². The summed E-state index contributed by atoms with van der Waals surface area (Å²) < 4.78 is 1.04. The maximum absolute atomic E-state index is 9.82. The van der Waals surface area contributed by atoms with E-state index in [2.05, 4.69) is 48.8 Å². The zero-order valence-electron chi connectivity index (χ0n) is 9.84. The van der Waals surface area contributed by atoms with Crippen molar-refractivity contribution >= 4 is 15.9 Å². The van der Waals surface area contributed by atoms with Crippen LogP contribution in [-0.4, -0.2) is 5.11 Å². The van der Waals surface area contributed by atoms with Gasteiger partial charge in [0.25, 0.3) is 0 Å². The molecule has 0 aliphatic heterocycles. The lowest BCUT2D eigenvalue weighted by Crippen LogP contribution is -2.12. The molecule has 0 saturated heterocycles. The van der Waals surface area contributed by atoms with E-state index in [4.69, 9.17) is 0 Å². The molecule has 1 N–H and O–H groups in total. The Labute approximate surface area is 101 Å². The quantitative estimate of drug-likeness (QED) is 0.855. The topological polar surface area (TPSA) is 20.2 Å². The van der Waals surface area contributed by atoms with Crippen molar-refractivity contribution in [1.82, 2.24) is 0 Å². The Morgan fingerprint density at radius 1 is 1.27 bits per heavy atom. The van der Waals surface area contributed by atoms with Gasteiger partial charge in [-0.2, -0.15) is 0 Å². The van der Waals surface area contributed by atoms with Crippen LogP contribution in [-0.2, 0) is 5.41 Å². The number of halogens is 1. The zero-order chi connectivity index (χ0) is 11.6. The summed E-state index contributed by atoms with van der Waals surface area (Å²) in [5, 5.41) is 9.82. The molecule has 15 heavy (non-hydrogen) atoms. The van der Waals surface area contributed by atoms with E-state index in [0.29, 0.717) is 0 Å². The molecule has 0 spiro atoms. The van der Waals surface area contributed by atoms with Gasteiger partial charge in [0.05, 0.1) is 6.10 Å². The van der Waals surface area contributed by atoms with Gasteiger partial charge in [0.15, 0.2) is 0 Å². The predicted octanol–water partition coefficient (Wildman–Crippen LogP) is 4.19. The third-order valence-electron chi connectivity index (χ3n) is 2.56. The fourth-order valence-corrected chi connectivity index (χ4v) is 1.98. The predicted molar refractivity (Wildman–Crippen MR) is 68.1 cm³/mol. The van der Waals surface area contributed by atoms with Crippen molar-refractivity contribution in [3.8, 4) is 0 Å². The van der Waals surface area contributed by atoms with Crippen LogP contribution in [0.5, 0.6) is 0 Å². The van der Waals surface area contributed by atoms with Crippen LogP contribution in [0.4, 0.5) is 0 Å². The van der Waals surface area contributed by atoms with Crippen LogP contribution < -0.4 is 0 Å². The van der Waals surface area contributed by atoms with Crippen molar-refractivity contribution in [2.45, 2.75) is 45.6 Å². The number of hydrogen-bond donors (Lipinski definition) is 1. The Morgan fingerprint density at radius 2 is 1.87 bits per heavy atom. The fraction of sp³-hybridized carbons (Fsp3) is 0.538. The third kappa shape index (κ3) is 3.32. The molecule has 2 heteroatoms. The highest BCUT2D eigenvalue weighted by Crippen LogP contribution is 2.29. The van der Waals surface area contributed by atoms with Gasteiger partial charge in [0, 0.05) is 4.47 Å². The maximum Gasteiger partial charge on any atom is 0.0787 e. The van der Waals surface area contributed by atoms with Crippen molar-refractivity contribution < 1.29 is 5.11 Å². The molecular weight excluding hydrogens is 252 g/mol. The van der Waals surface area contributed by atoms with Crippen molar-refractivity contribution in [3.63, 3.8) is 0 Å². The van der Waals surface area contributed by atoms with Crippen LogP contribution in [0.15, 0.2) is 22.7 Å². The van der Waals surface area contributed by atoms with Crippen molar-refractivity contribution in [3.05, 3.63) is 33.8 Å². The monoisotopic (exact) mass is 270 g/mol. The second-order valence-corrected chi connectivity index (χ2v) is 5.86. The van der Waals surface area contributed by atoms with Gasteiger partial charge in [-0.25, -0.2) is 0 Å². The minimum Gasteiger partial charge on any atom is -0.388 e. The average molecular weight is 271 g/mol. The summed E-state index contributed by atoms with van der Waals surface area (Å²) in [4.78, 5) is 0. The standard InChI is InChI=1S/C13H19BrO/c1-5-12(15)9-6-10(13(2,3)4)8-11(14)7-9/h6-8,12,15H,5H2,1-4H3. The van der Waals surface area contributed by atoms with E-state index in [0.717, 1.165) is 16.5 Å². The first-order chi connectivity index (χ1) is 6.84. The number of aliphatic hydroxyl groups is 1. The van der Waals surface area contributed by atoms with Gasteiger partial charge in [0.2, 0.25) is 0 Å². The molecule has 0 radical (unpaired) electrons. The maximum atomic E-state index is 9.82. The van der Waals surface area contributed by atoms with Gasteiger partial charge >= 0.3 is 0 Å². The second-order valence-electron chi connectivity index (χ2n) is 4.95. The highest BCUT2D eigenvalue weighted by atomic mass is 79.9. The summed E-state index contributed by atoms with van der Waals surface area (Å²) in [6.07, 6.45) is 0.392. The fourth-order valence-electron chi connectivity index (χ4n) is 1.47. The number of rotatable bonds is 2. The Balaban J connectivity index is 3.17. The largest absolute Gasteiger partial charge is 0.388 e. The SMILES string of the molecule is CCC(O)c1cc(Br)cc(C(C)(C)C)c1. The smallest absolute Gasteiger partial charge is 0.0787 e. The van der Waals surface area contributed by atoms with Gasteiger partial charge in [-0.15, -0.1) is 0 Å². The minimum atomic E-state index is -0.358. The van der Waals surface area contributed by atoms with Gasteiger partial charge in [-0.05, 0) is 35.1 Å². The number of hydrogen-bond acceptors (Lipinski definition) is 1. The molecule has 84 valence electrons.